The summed E-state index contributed by atoms with van der Waals surface area (Å²) in [6.07, 6.45) is 1.26. The first-order chi connectivity index (χ1) is 3.68. The molecule has 0 aromatic heterocycles. The van der Waals surface area contributed by atoms with E-state index in [1.54, 1.807) is 0 Å². The maximum Gasteiger partial charge on any atom is 0.00355 e. The van der Waals surface area contributed by atoms with E-state index in [2.05, 4.69) is 32.7 Å². The van der Waals surface area contributed by atoms with Gasteiger partial charge in [-0.3, -0.25) is 0 Å². The van der Waals surface area contributed by atoms with Crippen LogP contribution in [0.5, 0.6) is 0 Å². The van der Waals surface area contributed by atoms with Crippen molar-refractivity contribution >= 4 is 0 Å². The molecule has 8 heavy (non-hydrogen) atoms. The average Bonchev–Trinajstić information content (AvgIpc) is 1.67. The van der Waals surface area contributed by atoms with Crippen molar-refractivity contribution in [1.82, 2.24) is 4.90 Å². The van der Waals surface area contributed by atoms with Crippen LogP contribution in [-0.4, -0.2) is 24.5 Å². The van der Waals surface area contributed by atoms with Crippen LogP contribution in [0.1, 0.15) is 27.2 Å². The molecule has 0 spiro atoms. The molecule has 1 nitrogen and oxygen atoms in total. The number of nitrogens with zero attached hydrogens (tertiary/aromatic N) is 1. The molecule has 0 amide bonds. The van der Waals surface area contributed by atoms with E-state index in [1.165, 1.54) is 13.0 Å². The zero-order valence-electron chi connectivity index (χ0n) is 6.44. The molecule has 0 heterocycles. The van der Waals surface area contributed by atoms with Crippen molar-refractivity contribution in [2.24, 2.45) is 0 Å². The van der Waals surface area contributed by atoms with Crippen LogP contribution in [-0.2, 0) is 0 Å². The summed E-state index contributed by atoms with van der Waals surface area (Å²) < 4.78 is 0. The summed E-state index contributed by atoms with van der Waals surface area (Å²) in [5.41, 5.74) is 0. The van der Waals surface area contributed by atoms with Crippen molar-refractivity contribution in [2.75, 3.05) is 13.6 Å². The molecule has 0 rings (SSSR count). The normalized spacial score (nSPS) is 11.2. The molecular formula is C7H17N. The third kappa shape index (κ3) is 3.03. The molecule has 0 unspecified atom stereocenters. The minimum atomic E-state index is 0.704. The van der Waals surface area contributed by atoms with Gasteiger partial charge in [0, 0.05) is 6.04 Å². The molecule has 0 aliphatic rings. The lowest BCUT2D eigenvalue weighted by Gasteiger charge is -2.19. The van der Waals surface area contributed by atoms with E-state index in [0.717, 1.165) is 0 Å². The lowest BCUT2D eigenvalue weighted by atomic mass is 10.3. The van der Waals surface area contributed by atoms with Crippen LogP contribution in [0.4, 0.5) is 0 Å². The Morgan fingerprint density at radius 3 is 2.00 bits per heavy atom. The second-order valence-corrected chi connectivity index (χ2v) is 2.57. The first-order valence-electron chi connectivity index (χ1n) is 3.38. The van der Waals surface area contributed by atoms with E-state index in [4.69, 9.17) is 0 Å². The van der Waals surface area contributed by atoms with E-state index >= 15 is 0 Å². The summed E-state index contributed by atoms with van der Waals surface area (Å²) in [6.45, 7) is 7.86. The molecular weight excluding hydrogens is 98.1 g/mol. The molecule has 0 atom stereocenters. The van der Waals surface area contributed by atoms with Crippen molar-refractivity contribution in [3.05, 3.63) is 0 Å². The van der Waals surface area contributed by atoms with Gasteiger partial charge in [-0.05, 0) is 33.9 Å². The summed E-state index contributed by atoms with van der Waals surface area (Å²) >= 11 is 0. The van der Waals surface area contributed by atoms with E-state index in [-0.39, 0.29) is 0 Å². The highest BCUT2D eigenvalue weighted by molar-refractivity contribution is 4.53. The van der Waals surface area contributed by atoms with Gasteiger partial charge in [-0.2, -0.15) is 0 Å². The lowest BCUT2D eigenvalue weighted by Crippen LogP contribution is -2.26. The highest BCUT2D eigenvalue weighted by Crippen LogP contribution is 1.92. The fourth-order valence-corrected chi connectivity index (χ4v) is 0.611. The van der Waals surface area contributed by atoms with E-state index in [0.29, 0.717) is 6.04 Å². The van der Waals surface area contributed by atoms with E-state index < -0.39 is 0 Å². The Hall–Kier alpha value is -0.0400. The van der Waals surface area contributed by atoms with Crippen molar-refractivity contribution < 1.29 is 0 Å². The largest absolute Gasteiger partial charge is 0.304 e. The molecule has 50 valence electrons. The van der Waals surface area contributed by atoms with Gasteiger partial charge in [0.05, 0.1) is 0 Å². The second kappa shape index (κ2) is 3.90. The highest BCUT2D eigenvalue weighted by Gasteiger charge is 1.98. The summed E-state index contributed by atoms with van der Waals surface area (Å²) in [5.74, 6) is 0. The zero-order chi connectivity index (χ0) is 6.57. The predicted octanol–water partition coefficient (Wildman–Crippen LogP) is 1.74. The van der Waals surface area contributed by atoms with Crippen LogP contribution in [0.3, 0.4) is 0 Å². The number of hydrogen-bond acceptors (Lipinski definition) is 1. The van der Waals surface area contributed by atoms with Crippen molar-refractivity contribution in [1.29, 1.82) is 0 Å². The molecule has 1 heteroatoms. The lowest BCUT2D eigenvalue weighted by molar-refractivity contribution is 0.275. The van der Waals surface area contributed by atoms with Crippen molar-refractivity contribution in [3.63, 3.8) is 0 Å². The minimum absolute atomic E-state index is 0.704. The first-order valence-corrected chi connectivity index (χ1v) is 3.38. The molecule has 0 N–H and O–H groups in total. The van der Waals surface area contributed by atoms with Gasteiger partial charge in [-0.1, -0.05) is 6.92 Å². The van der Waals surface area contributed by atoms with Gasteiger partial charge in [-0.25, -0.2) is 0 Å². The Balaban J connectivity index is 3.17. The van der Waals surface area contributed by atoms with Crippen LogP contribution in [0.25, 0.3) is 0 Å². The Bertz CT molecular complexity index is 50.3. The maximum absolute atomic E-state index is 2.35. The summed E-state index contributed by atoms with van der Waals surface area (Å²) in [7, 11) is 2.16. The molecule has 0 saturated heterocycles. The Kier molecular flexibility index (Phi) is 3.88. The highest BCUT2D eigenvalue weighted by atomic mass is 15.1. The maximum atomic E-state index is 2.35. The Labute approximate surface area is 52.7 Å². The summed E-state index contributed by atoms with van der Waals surface area (Å²) in [4.78, 5) is 2.35. The van der Waals surface area contributed by atoms with Gasteiger partial charge >= 0.3 is 0 Å². The average molecular weight is 115 g/mol. The monoisotopic (exact) mass is 115 g/mol. The standard InChI is InChI=1S/C7H17N/c1-5-6-8(4)7(2)3/h7H,5-6H2,1-4H3. The Morgan fingerprint density at radius 2 is 1.88 bits per heavy atom. The fraction of sp³-hybridized carbons (Fsp3) is 1.00. The van der Waals surface area contributed by atoms with Gasteiger partial charge in [0.25, 0.3) is 0 Å². The molecule has 0 radical (unpaired) electrons. The van der Waals surface area contributed by atoms with Crippen LogP contribution < -0.4 is 0 Å². The smallest absolute Gasteiger partial charge is 0.00355 e. The van der Waals surface area contributed by atoms with Crippen LogP contribution >= 0.6 is 0 Å². The van der Waals surface area contributed by atoms with Crippen LogP contribution in [0, 0.1) is 0 Å². The second-order valence-electron chi connectivity index (χ2n) is 2.57. The summed E-state index contributed by atoms with van der Waals surface area (Å²) in [6, 6.07) is 0.704. The van der Waals surface area contributed by atoms with Gasteiger partial charge in [0.1, 0.15) is 0 Å². The predicted molar refractivity (Wildman–Crippen MR) is 38.1 cm³/mol. The van der Waals surface area contributed by atoms with Crippen molar-refractivity contribution in [2.45, 2.75) is 33.2 Å². The number of rotatable bonds is 3. The van der Waals surface area contributed by atoms with Crippen LogP contribution in [0.15, 0.2) is 0 Å². The molecule has 0 saturated carbocycles. The van der Waals surface area contributed by atoms with E-state index in [1.807, 2.05) is 0 Å². The summed E-state index contributed by atoms with van der Waals surface area (Å²) in [5, 5.41) is 0. The molecule has 0 aromatic rings. The van der Waals surface area contributed by atoms with Crippen molar-refractivity contribution in [3.8, 4) is 0 Å². The third-order valence-corrected chi connectivity index (χ3v) is 1.46. The molecule has 0 aliphatic carbocycles. The fourth-order valence-electron chi connectivity index (χ4n) is 0.611. The van der Waals surface area contributed by atoms with Gasteiger partial charge in [0.15, 0.2) is 0 Å². The SMILES string of the molecule is CCCN(C)C(C)C. The quantitative estimate of drug-likeness (QED) is 0.541. The minimum Gasteiger partial charge on any atom is -0.304 e. The molecule has 0 aromatic carbocycles. The van der Waals surface area contributed by atoms with Gasteiger partial charge in [-0.15, -0.1) is 0 Å². The zero-order valence-corrected chi connectivity index (χ0v) is 6.44. The Morgan fingerprint density at radius 1 is 1.38 bits per heavy atom. The third-order valence-electron chi connectivity index (χ3n) is 1.46. The molecule has 0 fully saturated rings. The number of hydrogen-bond donors (Lipinski definition) is 0. The van der Waals surface area contributed by atoms with Gasteiger partial charge < -0.3 is 4.90 Å². The molecule has 0 aliphatic heterocycles. The van der Waals surface area contributed by atoms with Crippen LogP contribution in [0.2, 0.25) is 0 Å². The van der Waals surface area contributed by atoms with E-state index in [9.17, 15) is 0 Å². The first kappa shape index (κ1) is 7.96. The molecule has 0 bridgehead atoms. The van der Waals surface area contributed by atoms with Gasteiger partial charge in [0.2, 0.25) is 0 Å². The topological polar surface area (TPSA) is 3.24 Å².